The third-order valence-electron chi connectivity index (χ3n) is 5.27. The van der Waals surface area contributed by atoms with Crippen LogP contribution in [0.15, 0.2) is 23.0 Å². The van der Waals surface area contributed by atoms with Crippen molar-refractivity contribution in [2.75, 3.05) is 13.1 Å². The Balaban J connectivity index is 1.53. The fourth-order valence-corrected chi connectivity index (χ4v) is 3.90. The summed E-state index contributed by atoms with van der Waals surface area (Å²) in [6.07, 6.45) is 4.92. The van der Waals surface area contributed by atoms with Crippen LogP contribution in [0.3, 0.4) is 0 Å². The molecule has 0 unspecified atom stereocenters. The van der Waals surface area contributed by atoms with Gasteiger partial charge in [0.2, 0.25) is 5.91 Å². The summed E-state index contributed by atoms with van der Waals surface area (Å²) in [6, 6.07) is 5.62. The lowest BCUT2D eigenvalue weighted by atomic mass is 9.84. The first-order chi connectivity index (χ1) is 11.1. The highest BCUT2D eigenvalue weighted by Crippen LogP contribution is 2.31. The first kappa shape index (κ1) is 14.8. The van der Waals surface area contributed by atoms with Crippen LogP contribution in [0.1, 0.15) is 38.1 Å². The number of fused-ring (bicyclic) bond motifs is 1. The van der Waals surface area contributed by atoms with Crippen molar-refractivity contribution in [3.63, 3.8) is 0 Å². The Morgan fingerprint density at radius 1 is 1.17 bits per heavy atom. The number of hydrogen-bond acceptors (Lipinski definition) is 2. The standard InChI is InChI=1S/C17H20ClN3O2/c18-12-4-5-15-14(10-12)19-17(23)21(15)13-6-8-20(9-7-13)16(22)11-2-1-3-11/h4-5,10-11,13H,1-3,6-9H2,(H,19,23). The van der Waals surface area contributed by atoms with Crippen molar-refractivity contribution in [2.45, 2.75) is 38.1 Å². The Labute approximate surface area is 139 Å². The molecule has 0 atom stereocenters. The molecule has 1 aliphatic carbocycles. The molecule has 1 amide bonds. The number of carbonyl (C=O) groups is 1. The molecule has 6 heteroatoms. The molecule has 1 N–H and O–H groups in total. The second-order valence-corrected chi connectivity index (χ2v) is 7.08. The lowest BCUT2D eigenvalue weighted by Crippen LogP contribution is -2.44. The van der Waals surface area contributed by atoms with Crippen LogP contribution in [-0.4, -0.2) is 33.4 Å². The fraction of sp³-hybridized carbons (Fsp3) is 0.529. The molecule has 0 radical (unpaired) electrons. The molecule has 2 aromatic rings. The van der Waals surface area contributed by atoms with Crippen molar-refractivity contribution in [1.29, 1.82) is 0 Å². The van der Waals surface area contributed by atoms with Crippen LogP contribution in [-0.2, 0) is 4.79 Å². The van der Waals surface area contributed by atoms with Gasteiger partial charge in [-0.05, 0) is 43.9 Å². The first-order valence-electron chi connectivity index (χ1n) is 8.32. The van der Waals surface area contributed by atoms with Gasteiger partial charge in [0.25, 0.3) is 0 Å². The molecule has 1 aliphatic heterocycles. The normalized spacial score (nSPS) is 20.0. The molecule has 1 saturated heterocycles. The summed E-state index contributed by atoms with van der Waals surface area (Å²) in [6.45, 7) is 1.49. The average molecular weight is 334 g/mol. The van der Waals surface area contributed by atoms with Crippen LogP contribution in [0.4, 0.5) is 0 Å². The summed E-state index contributed by atoms with van der Waals surface area (Å²) < 4.78 is 1.83. The monoisotopic (exact) mass is 333 g/mol. The highest BCUT2D eigenvalue weighted by Gasteiger charge is 2.32. The minimum Gasteiger partial charge on any atom is -0.342 e. The number of carbonyl (C=O) groups excluding carboxylic acids is 1. The Hall–Kier alpha value is -1.75. The number of aromatic nitrogens is 2. The van der Waals surface area contributed by atoms with Gasteiger partial charge in [0.15, 0.2) is 0 Å². The van der Waals surface area contributed by atoms with E-state index >= 15 is 0 Å². The molecule has 1 saturated carbocycles. The van der Waals surface area contributed by atoms with E-state index in [4.69, 9.17) is 11.6 Å². The summed E-state index contributed by atoms with van der Waals surface area (Å²) in [5.74, 6) is 0.567. The van der Waals surface area contributed by atoms with E-state index in [1.807, 2.05) is 21.6 Å². The minimum absolute atomic E-state index is 0.0916. The van der Waals surface area contributed by atoms with Crippen LogP contribution < -0.4 is 5.69 Å². The van der Waals surface area contributed by atoms with Crippen molar-refractivity contribution in [3.8, 4) is 0 Å². The van der Waals surface area contributed by atoms with Gasteiger partial charge in [-0.15, -0.1) is 0 Å². The van der Waals surface area contributed by atoms with Gasteiger partial charge in [0, 0.05) is 30.1 Å². The first-order valence-corrected chi connectivity index (χ1v) is 8.70. The minimum atomic E-state index is -0.0916. The van der Waals surface area contributed by atoms with E-state index in [1.165, 1.54) is 6.42 Å². The second kappa shape index (κ2) is 5.71. The maximum atomic E-state index is 12.3. The van der Waals surface area contributed by atoms with Gasteiger partial charge in [-0.1, -0.05) is 18.0 Å². The van der Waals surface area contributed by atoms with E-state index in [0.29, 0.717) is 10.9 Å². The van der Waals surface area contributed by atoms with Crippen LogP contribution >= 0.6 is 11.6 Å². The molecule has 4 rings (SSSR count). The lowest BCUT2D eigenvalue weighted by Gasteiger charge is -2.36. The van der Waals surface area contributed by atoms with Crippen LogP contribution in [0, 0.1) is 5.92 Å². The zero-order chi connectivity index (χ0) is 16.0. The SMILES string of the molecule is O=C(C1CCC1)N1CCC(n2c(=O)[nH]c3cc(Cl)ccc32)CC1. The number of halogens is 1. The molecule has 1 aromatic carbocycles. The van der Waals surface area contributed by atoms with E-state index < -0.39 is 0 Å². The Morgan fingerprint density at radius 2 is 1.91 bits per heavy atom. The lowest BCUT2D eigenvalue weighted by molar-refractivity contribution is -0.139. The quantitative estimate of drug-likeness (QED) is 0.918. The van der Waals surface area contributed by atoms with E-state index in [1.54, 1.807) is 6.07 Å². The highest BCUT2D eigenvalue weighted by atomic mass is 35.5. The number of piperidine rings is 1. The van der Waals surface area contributed by atoms with E-state index in [9.17, 15) is 9.59 Å². The molecule has 1 aromatic heterocycles. The van der Waals surface area contributed by atoms with E-state index in [2.05, 4.69) is 4.98 Å². The van der Waals surface area contributed by atoms with Gasteiger partial charge < -0.3 is 9.88 Å². The maximum Gasteiger partial charge on any atom is 0.326 e. The number of imidazole rings is 1. The zero-order valence-corrected chi connectivity index (χ0v) is 13.7. The zero-order valence-electron chi connectivity index (χ0n) is 12.9. The summed E-state index contributed by atoms with van der Waals surface area (Å²) in [7, 11) is 0. The van der Waals surface area contributed by atoms with Crippen molar-refractivity contribution < 1.29 is 4.79 Å². The smallest absolute Gasteiger partial charge is 0.326 e. The number of hydrogen-bond donors (Lipinski definition) is 1. The maximum absolute atomic E-state index is 12.3. The summed E-state index contributed by atoms with van der Waals surface area (Å²) >= 11 is 5.99. The van der Waals surface area contributed by atoms with Crippen LogP contribution in [0.25, 0.3) is 11.0 Å². The van der Waals surface area contributed by atoms with Gasteiger partial charge in [0.05, 0.1) is 11.0 Å². The molecule has 122 valence electrons. The average Bonchev–Trinajstić information content (AvgIpc) is 2.80. The summed E-state index contributed by atoms with van der Waals surface area (Å²) in [5.41, 5.74) is 1.57. The number of nitrogens with zero attached hydrogens (tertiary/aromatic N) is 2. The molecular weight excluding hydrogens is 314 g/mol. The van der Waals surface area contributed by atoms with Crippen LogP contribution in [0.5, 0.6) is 0 Å². The number of aromatic amines is 1. The molecule has 0 bridgehead atoms. The molecule has 5 nitrogen and oxygen atoms in total. The Bertz CT molecular complexity index is 798. The van der Waals surface area contributed by atoms with Gasteiger partial charge in [0.1, 0.15) is 0 Å². The number of nitrogens with one attached hydrogen (secondary N) is 1. The summed E-state index contributed by atoms with van der Waals surface area (Å²) in [5, 5.41) is 0.617. The number of likely N-dealkylation sites (tertiary alicyclic amines) is 1. The number of benzene rings is 1. The predicted octanol–water partition coefficient (Wildman–Crippen LogP) is 2.95. The molecule has 2 aliphatic rings. The Morgan fingerprint density at radius 3 is 2.57 bits per heavy atom. The second-order valence-electron chi connectivity index (χ2n) is 6.65. The largest absolute Gasteiger partial charge is 0.342 e. The fourth-order valence-electron chi connectivity index (χ4n) is 3.72. The molecule has 0 spiro atoms. The van der Waals surface area contributed by atoms with Crippen LogP contribution in [0.2, 0.25) is 5.02 Å². The van der Waals surface area contributed by atoms with Gasteiger partial charge in [-0.3, -0.25) is 9.36 Å². The van der Waals surface area contributed by atoms with Gasteiger partial charge >= 0.3 is 5.69 Å². The topological polar surface area (TPSA) is 58.1 Å². The number of rotatable bonds is 2. The van der Waals surface area contributed by atoms with Crippen molar-refractivity contribution >= 4 is 28.5 Å². The molecule has 2 heterocycles. The number of amides is 1. The molecule has 23 heavy (non-hydrogen) atoms. The summed E-state index contributed by atoms with van der Waals surface area (Å²) in [4.78, 5) is 29.5. The van der Waals surface area contributed by atoms with Crippen molar-refractivity contribution in [1.82, 2.24) is 14.5 Å². The number of H-pyrrole nitrogens is 1. The van der Waals surface area contributed by atoms with Crippen molar-refractivity contribution in [2.24, 2.45) is 5.92 Å². The molecular formula is C17H20ClN3O2. The van der Waals surface area contributed by atoms with Gasteiger partial charge in [-0.25, -0.2) is 4.79 Å². The van der Waals surface area contributed by atoms with Gasteiger partial charge in [-0.2, -0.15) is 0 Å². The molecule has 2 fully saturated rings. The predicted molar refractivity (Wildman–Crippen MR) is 89.8 cm³/mol. The van der Waals surface area contributed by atoms with E-state index in [0.717, 1.165) is 49.8 Å². The Kier molecular flexibility index (Phi) is 3.68. The third kappa shape index (κ3) is 2.57. The third-order valence-corrected chi connectivity index (χ3v) is 5.51. The van der Waals surface area contributed by atoms with E-state index in [-0.39, 0.29) is 17.6 Å². The highest BCUT2D eigenvalue weighted by molar-refractivity contribution is 6.31. The van der Waals surface area contributed by atoms with Crippen molar-refractivity contribution in [3.05, 3.63) is 33.7 Å².